The van der Waals surface area contributed by atoms with Crippen LogP contribution in [0, 0.1) is 0 Å². The summed E-state index contributed by atoms with van der Waals surface area (Å²) in [6.45, 7) is 7.26. The molecule has 0 aliphatic rings. The van der Waals surface area contributed by atoms with E-state index in [-0.39, 0.29) is 5.83 Å². The SMILES string of the molecule is C=C(C)/C(OC)=C(/F)CCC. The number of ether oxygens (including phenoxy) is 1. The normalized spacial score (nSPS) is 12.4. The van der Waals surface area contributed by atoms with Crippen LogP contribution in [0.4, 0.5) is 4.39 Å². The Labute approximate surface area is 67.6 Å². The maximum atomic E-state index is 13.0. The van der Waals surface area contributed by atoms with Crippen LogP contribution < -0.4 is 0 Å². The fourth-order valence-corrected chi connectivity index (χ4v) is 0.850. The van der Waals surface area contributed by atoms with Crippen molar-refractivity contribution in [1.82, 2.24) is 0 Å². The topological polar surface area (TPSA) is 9.23 Å². The first kappa shape index (κ1) is 10.2. The maximum absolute atomic E-state index is 13.0. The van der Waals surface area contributed by atoms with E-state index in [0.29, 0.717) is 17.8 Å². The summed E-state index contributed by atoms with van der Waals surface area (Å²) in [5.74, 6) is 0.0920. The van der Waals surface area contributed by atoms with Crippen LogP contribution in [0.3, 0.4) is 0 Å². The first-order chi connectivity index (χ1) is 5.13. The van der Waals surface area contributed by atoms with E-state index in [0.717, 1.165) is 6.42 Å². The lowest BCUT2D eigenvalue weighted by molar-refractivity contribution is 0.281. The summed E-state index contributed by atoms with van der Waals surface area (Å²) in [6, 6.07) is 0. The molecule has 0 aliphatic heterocycles. The summed E-state index contributed by atoms with van der Waals surface area (Å²) >= 11 is 0. The van der Waals surface area contributed by atoms with Crippen molar-refractivity contribution in [3.05, 3.63) is 23.7 Å². The first-order valence-electron chi connectivity index (χ1n) is 3.72. The van der Waals surface area contributed by atoms with Gasteiger partial charge in [-0.25, -0.2) is 4.39 Å². The van der Waals surface area contributed by atoms with E-state index in [9.17, 15) is 4.39 Å². The van der Waals surface area contributed by atoms with Crippen molar-refractivity contribution >= 4 is 0 Å². The molecule has 0 bridgehead atoms. The highest BCUT2D eigenvalue weighted by molar-refractivity contribution is 5.22. The molecule has 0 unspecified atom stereocenters. The third-order valence-corrected chi connectivity index (χ3v) is 1.31. The quantitative estimate of drug-likeness (QED) is 0.451. The molecule has 0 atom stereocenters. The van der Waals surface area contributed by atoms with Crippen LogP contribution in [-0.2, 0) is 4.74 Å². The number of methoxy groups -OCH3 is 1. The molecule has 0 heterocycles. The Hall–Kier alpha value is -0.790. The van der Waals surface area contributed by atoms with Gasteiger partial charge in [0.25, 0.3) is 0 Å². The van der Waals surface area contributed by atoms with Crippen LogP contribution in [0.5, 0.6) is 0 Å². The van der Waals surface area contributed by atoms with Crippen molar-refractivity contribution in [2.45, 2.75) is 26.7 Å². The van der Waals surface area contributed by atoms with Crippen molar-refractivity contribution in [3.63, 3.8) is 0 Å². The first-order valence-corrected chi connectivity index (χ1v) is 3.72. The molecule has 0 aromatic heterocycles. The van der Waals surface area contributed by atoms with Gasteiger partial charge in [-0.05, 0) is 18.9 Å². The summed E-state index contributed by atoms with van der Waals surface area (Å²) in [4.78, 5) is 0. The summed E-state index contributed by atoms with van der Waals surface area (Å²) < 4.78 is 17.8. The summed E-state index contributed by atoms with van der Waals surface area (Å²) in [5.41, 5.74) is 0.637. The molecule has 0 saturated heterocycles. The van der Waals surface area contributed by atoms with Crippen molar-refractivity contribution in [3.8, 4) is 0 Å². The Bertz CT molecular complexity index is 170. The molecule has 0 aromatic carbocycles. The number of halogens is 1. The van der Waals surface area contributed by atoms with Crippen LogP contribution in [0.2, 0.25) is 0 Å². The van der Waals surface area contributed by atoms with Gasteiger partial charge in [0.1, 0.15) is 5.83 Å². The van der Waals surface area contributed by atoms with Gasteiger partial charge in [0.2, 0.25) is 0 Å². The summed E-state index contributed by atoms with van der Waals surface area (Å²) in [6.07, 6.45) is 1.21. The van der Waals surface area contributed by atoms with Gasteiger partial charge >= 0.3 is 0 Å². The van der Waals surface area contributed by atoms with Crippen molar-refractivity contribution in [1.29, 1.82) is 0 Å². The van der Waals surface area contributed by atoms with E-state index in [1.807, 2.05) is 6.92 Å². The van der Waals surface area contributed by atoms with Gasteiger partial charge in [-0.15, -0.1) is 0 Å². The number of rotatable bonds is 4. The van der Waals surface area contributed by atoms with E-state index >= 15 is 0 Å². The van der Waals surface area contributed by atoms with Crippen LogP contribution in [0.25, 0.3) is 0 Å². The van der Waals surface area contributed by atoms with Gasteiger partial charge < -0.3 is 4.74 Å². The molecular weight excluding hydrogens is 143 g/mol. The second-order valence-corrected chi connectivity index (χ2v) is 2.47. The van der Waals surface area contributed by atoms with Gasteiger partial charge in [-0.2, -0.15) is 0 Å². The van der Waals surface area contributed by atoms with Crippen molar-refractivity contribution in [2.75, 3.05) is 7.11 Å². The molecule has 11 heavy (non-hydrogen) atoms. The largest absolute Gasteiger partial charge is 0.494 e. The van der Waals surface area contributed by atoms with Gasteiger partial charge in [0, 0.05) is 6.42 Å². The minimum atomic E-state index is -0.206. The highest BCUT2D eigenvalue weighted by Gasteiger charge is 2.05. The molecule has 0 aliphatic carbocycles. The smallest absolute Gasteiger partial charge is 0.152 e. The van der Waals surface area contributed by atoms with Crippen LogP contribution in [-0.4, -0.2) is 7.11 Å². The predicted molar refractivity (Wildman–Crippen MR) is 44.9 cm³/mol. The average Bonchev–Trinajstić information content (AvgIpc) is 1.88. The number of allylic oxidation sites excluding steroid dienone is 2. The molecule has 0 spiro atoms. The second-order valence-electron chi connectivity index (χ2n) is 2.47. The molecule has 0 aromatic rings. The van der Waals surface area contributed by atoms with Gasteiger partial charge in [-0.3, -0.25) is 0 Å². The lowest BCUT2D eigenvalue weighted by Crippen LogP contribution is -1.91. The van der Waals surface area contributed by atoms with Crippen LogP contribution in [0.15, 0.2) is 23.7 Å². The third kappa shape index (κ3) is 3.21. The van der Waals surface area contributed by atoms with Crippen molar-refractivity contribution in [2.24, 2.45) is 0 Å². The van der Waals surface area contributed by atoms with Crippen LogP contribution in [0.1, 0.15) is 26.7 Å². The molecule has 0 saturated carbocycles. The lowest BCUT2D eigenvalue weighted by Gasteiger charge is -2.06. The Kier molecular flexibility index (Phi) is 4.59. The Balaban J connectivity index is 4.40. The van der Waals surface area contributed by atoms with E-state index in [1.54, 1.807) is 6.92 Å². The Morgan fingerprint density at radius 3 is 2.36 bits per heavy atom. The monoisotopic (exact) mass is 158 g/mol. The van der Waals surface area contributed by atoms with E-state index < -0.39 is 0 Å². The van der Waals surface area contributed by atoms with Gasteiger partial charge in [0.05, 0.1) is 7.11 Å². The maximum Gasteiger partial charge on any atom is 0.152 e. The standard InChI is InChI=1S/C9H15FO/c1-5-6-8(10)9(11-4)7(2)3/h2,5-6H2,1,3-4H3/b9-8-. The van der Waals surface area contributed by atoms with E-state index in [2.05, 4.69) is 6.58 Å². The van der Waals surface area contributed by atoms with Gasteiger partial charge in [0.15, 0.2) is 5.76 Å². The molecular formula is C9H15FO. The van der Waals surface area contributed by atoms with Gasteiger partial charge in [-0.1, -0.05) is 13.5 Å². The predicted octanol–water partition coefficient (Wildman–Crippen LogP) is 3.19. The van der Waals surface area contributed by atoms with Crippen molar-refractivity contribution < 1.29 is 9.13 Å². The molecule has 2 heteroatoms. The molecule has 0 rings (SSSR count). The van der Waals surface area contributed by atoms with Crippen LogP contribution >= 0.6 is 0 Å². The minimum Gasteiger partial charge on any atom is -0.494 e. The summed E-state index contributed by atoms with van der Waals surface area (Å²) in [7, 11) is 1.46. The Morgan fingerprint density at radius 1 is 1.55 bits per heavy atom. The van der Waals surface area contributed by atoms with E-state index in [4.69, 9.17) is 4.74 Å². The zero-order chi connectivity index (χ0) is 8.85. The number of hydrogen-bond acceptors (Lipinski definition) is 1. The highest BCUT2D eigenvalue weighted by atomic mass is 19.1. The zero-order valence-corrected chi connectivity index (χ0v) is 7.41. The molecule has 0 fully saturated rings. The number of hydrogen-bond donors (Lipinski definition) is 0. The molecule has 0 N–H and O–H groups in total. The average molecular weight is 158 g/mol. The Morgan fingerprint density at radius 2 is 2.09 bits per heavy atom. The molecule has 64 valence electrons. The molecule has 1 nitrogen and oxygen atoms in total. The fourth-order valence-electron chi connectivity index (χ4n) is 0.850. The summed E-state index contributed by atoms with van der Waals surface area (Å²) in [5, 5.41) is 0. The minimum absolute atomic E-state index is 0.206. The lowest BCUT2D eigenvalue weighted by atomic mass is 10.2. The fraction of sp³-hybridized carbons (Fsp3) is 0.556. The highest BCUT2D eigenvalue weighted by Crippen LogP contribution is 2.18. The van der Waals surface area contributed by atoms with E-state index in [1.165, 1.54) is 7.11 Å². The molecule has 0 amide bonds. The third-order valence-electron chi connectivity index (χ3n) is 1.31. The zero-order valence-electron chi connectivity index (χ0n) is 7.41. The molecule has 0 radical (unpaired) electrons. The second kappa shape index (κ2) is 4.94.